The monoisotopic (exact) mass is 334 g/mol. The molecule has 1 aromatic heterocycles. The number of anilines is 4. The number of halogens is 4. The largest absolute Gasteiger partial charge is 0.340 e. The van der Waals surface area contributed by atoms with Gasteiger partial charge in [-0.25, -0.2) is 27.5 Å². The van der Waals surface area contributed by atoms with Crippen molar-refractivity contribution in [2.24, 2.45) is 0 Å². The number of hydrogen-bond acceptors (Lipinski definition) is 4. The molecule has 4 nitrogen and oxygen atoms in total. The molecule has 2 N–H and O–H groups in total. The predicted octanol–water partition coefficient (Wildman–Crippen LogP) is 4.52. The quantitative estimate of drug-likeness (QED) is 0.689. The Morgan fingerprint density at radius 2 is 1.42 bits per heavy atom. The van der Waals surface area contributed by atoms with Crippen LogP contribution in [0.3, 0.4) is 0 Å². The minimum atomic E-state index is -0.999. The molecule has 8 heteroatoms. The van der Waals surface area contributed by atoms with Crippen LogP contribution in [-0.2, 0) is 0 Å². The highest BCUT2D eigenvalue weighted by atomic mass is 19.2. The summed E-state index contributed by atoms with van der Waals surface area (Å²) in [6, 6.07) is 7.81. The van der Waals surface area contributed by atoms with Gasteiger partial charge in [0.25, 0.3) is 0 Å². The highest BCUT2D eigenvalue weighted by Crippen LogP contribution is 2.22. The van der Waals surface area contributed by atoms with Gasteiger partial charge in [0.05, 0.1) is 5.69 Å². The second-order valence-corrected chi connectivity index (χ2v) is 4.79. The van der Waals surface area contributed by atoms with E-state index in [1.807, 2.05) is 0 Å². The third-order valence-electron chi connectivity index (χ3n) is 3.05. The summed E-state index contributed by atoms with van der Waals surface area (Å²) < 4.78 is 52.6. The van der Waals surface area contributed by atoms with Gasteiger partial charge in [-0.05, 0) is 24.3 Å². The second kappa shape index (κ2) is 6.53. The summed E-state index contributed by atoms with van der Waals surface area (Å²) in [6.45, 7) is 0. The van der Waals surface area contributed by atoms with Crippen LogP contribution < -0.4 is 10.6 Å². The van der Waals surface area contributed by atoms with Crippen molar-refractivity contribution in [1.82, 2.24) is 9.97 Å². The molecule has 1 heterocycles. The maximum Gasteiger partial charge on any atom is 0.160 e. The van der Waals surface area contributed by atoms with Crippen LogP contribution in [-0.4, -0.2) is 9.97 Å². The van der Waals surface area contributed by atoms with E-state index < -0.39 is 23.3 Å². The number of benzene rings is 2. The molecule has 3 aromatic rings. The summed E-state index contributed by atoms with van der Waals surface area (Å²) in [5.74, 6) is -2.91. The minimum absolute atomic E-state index is 0.0360. The second-order valence-electron chi connectivity index (χ2n) is 4.79. The predicted molar refractivity (Wildman–Crippen MR) is 81.3 cm³/mol. The van der Waals surface area contributed by atoms with E-state index in [-0.39, 0.29) is 23.0 Å². The maximum atomic E-state index is 13.6. The number of aromatic nitrogens is 2. The molecular formula is C16H10F4N4. The fraction of sp³-hybridized carbons (Fsp3) is 0. The van der Waals surface area contributed by atoms with Crippen molar-refractivity contribution >= 4 is 23.0 Å². The zero-order valence-electron chi connectivity index (χ0n) is 12.0. The lowest BCUT2D eigenvalue weighted by molar-refractivity contribution is 0.509. The Hall–Kier alpha value is -3.16. The summed E-state index contributed by atoms with van der Waals surface area (Å²) in [4.78, 5) is 7.85. The van der Waals surface area contributed by atoms with Gasteiger partial charge >= 0.3 is 0 Å². The first-order valence-corrected chi connectivity index (χ1v) is 6.77. The zero-order chi connectivity index (χ0) is 17.1. The lowest BCUT2D eigenvalue weighted by Gasteiger charge is -2.09. The van der Waals surface area contributed by atoms with Crippen LogP contribution in [0, 0.1) is 23.3 Å². The van der Waals surface area contributed by atoms with E-state index in [0.717, 1.165) is 24.3 Å². The molecule has 0 aliphatic heterocycles. The molecule has 0 amide bonds. The Balaban J connectivity index is 1.79. The molecule has 0 spiro atoms. The van der Waals surface area contributed by atoms with Gasteiger partial charge in [-0.1, -0.05) is 0 Å². The highest BCUT2D eigenvalue weighted by Gasteiger charge is 2.07. The van der Waals surface area contributed by atoms with Crippen LogP contribution in [0.25, 0.3) is 0 Å². The Bertz CT molecular complexity index is 886. The third-order valence-corrected chi connectivity index (χ3v) is 3.05. The van der Waals surface area contributed by atoms with E-state index in [9.17, 15) is 17.6 Å². The van der Waals surface area contributed by atoms with Crippen LogP contribution in [0.5, 0.6) is 0 Å². The van der Waals surface area contributed by atoms with Crippen LogP contribution in [0.1, 0.15) is 0 Å². The Labute approximate surface area is 134 Å². The van der Waals surface area contributed by atoms with Crippen molar-refractivity contribution < 1.29 is 17.6 Å². The molecule has 0 aliphatic rings. The van der Waals surface area contributed by atoms with Gasteiger partial charge in [-0.2, -0.15) is 0 Å². The molecule has 0 radical (unpaired) electrons. The van der Waals surface area contributed by atoms with E-state index in [0.29, 0.717) is 0 Å². The van der Waals surface area contributed by atoms with Crippen LogP contribution in [0.2, 0.25) is 0 Å². The molecule has 122 valence electrons. The molecule has 0 aliphatic carbocycles. The maximum absolute atomic E-state index is 13.6. The molecule has 24 heavy (non-hydrogen) atoms. The first kappa shape index (κ1) is 15.7. The summed E-state index contributed by atoms with van der Waals surface area (Å²) in [5.41, 5.74) is 0.320. The Morgan fingerprint density at radius 1 is 0.667 bits per heavy atom. The molecule has 0 fully saturated rings. The van der Waals surface area contributed by atoms with E-state index in [1.54, 1.807) is 0 Å². The fourth-order valence-corrected chi connectivity index (χ4v) is 1.94. The van der Waals surface area contributed by atoms with Crippen molar-refractivity contribution in [3.63, 3.8) is 0 Å². The van der Waals surface area contributed by atoms with Gasteiger partial charge < -0.3 is 10.6 Å². The van der Waals surface area contributed by atoms with Crippen LogP contribution in [0.4, 0.5) is 40.6 Å². The minimum Gasteiger partial charge on any atom is -0.340 e. The first-order valence-electron chi connectivity index (χ1n) is 6.77. The third kappa shape index (κ3) is 3.60. The smallest absolute Gasteiger partial charge is 0.160 e. The average molecular weight is 334 g/mol. The molecule has 0 atom stereocenters. The molecule has 3 rings (SSSR count). The summed E-state index contributed by atoms with van der Waals surface area (Å²) >= 11 is 0. The molecule has 0 bridgehead atoms. The molecule has 2 aromatic carbocycles. The summed E-state index contributed by atoms with van der Waals surface area (Å²) in [7, 11) is 0. The average Bonchev–Trinajstić information content (AvgIpc) is 2.54. The van der Waals surface area contributed by atoms with Gasteiger partial charge in [0.2, 0.25) is 0 Å². The number of nitrogens with one attached hydrogen (secondary N) is 2. The van der Waals surface area contributed by atoms with Crippen LogP contribution in [0.15, 0.2) is 48.8 Å². The zero-order valence-corrected chi connectivity index (χ0v) is 12.0. The lowest BCUT2D eigenvalue weighted by atomic mass is 10.3. The molecule has 0 unspecified atom stereocenters. The SMILES string of the molecule is Fc1ccc(Nc2cc(Nc3ccc(F)c(F)c3)ncn2)c(F)c1. The summed E-state index contributed by atoms with van der Waals surface area (Å²) in [5, 5.41) is 5.45. The first-order chi connectivity index (χ1) is 11.5. The van der Waals surface area contributed by atoms with Crippen molar-refractivity contribution in [3.05, 3.63) is 72.1 Å². The van der Waals surface area contributed by atoms with E-state index in [4.69, 9.17) is 0 Å². The van der Waals surface area contributed by atoms with Gasteiger partial charge in [0.15, 0.2) is 11.6 Å². The van der Waals surface area contributed by atoms with Crippen LogP contribution >= 0.6 is 0 Å². The van der Waals surface area contributed by atoms with Crippen molar-refractivity contribution in [2.75, 3.05) is 10.6 Å². The lowest BCUT2D eigenvalue weighted by Crippen LogP contribution is -2.00. The number of nitrogens with zero attached hydrogens (tertiary/aromatic N) is 2. The number of hydrogen-bond donors (Lipinski definition) is 2. The van der Waals surface area contributed by atoms with Crippen molar-refractivity contribution in [1.29, 1.82) is 0 Å². The molecular weight excluding hydrogens is 324 g/mol. The topological polar surface area (TPSA) is 49.8 Å². The highest BCUT2D eigenvalue weighted by molar-refractivity contribution is 5.63. The molecule has 0 saturated carbocycles. The van der Waals surface area contributed by atoms with Gasteiger partial charge in [0.1, 0.15) is 29.6 Å². The van der Waals surface area contributed by atoms with Gasteiger partial charge in [-0.15, -0.1) is 0 Å². The Kier molecular flexibility index (Phi) is 4.28. The molecule has 0 saturated heterocycles. The normalized spacial score (nSPS) is 10.5. The van der Waals surface area contributed by atoms with E-state index in [1.165, 1.54) is 24.5 Å². The van der Waals surface area contributed by atoms with Gasteiger partial charge in [0, 0.05) is 23.9 Å². The summed E-state index contributed by atoms with van der Waals surface area (Å²) in [6.07, 6.45) is 1.20. The van der Waals surface area contributed by atoms with Crippen molar-refractivity contribution in [2.45, 2.75) is 0 Å². The van der Waals surface area contributed by atoms with Crippen molar-refractivity contribution in [3.8, 4) is 0 Å². The number of rotatable bonds is 4. The standard InChI is InChI=1S/C16H10F4N4/c17-9-1-4-14(13(20)5-9)24-16-7-15(21-8-22-16)23-10-2-3-11(18)12(19)6-10/h1-8H,(H2,21,22,23,24). The fourth-order valence-electron chi connectivity index (χ4n) is 1.94. The van der Waals surface area contributed by atoms with E-state index >= 15 is 0 Å². The van der Waals surface area contributed by atoms with Gasteiger partial charge in [-0.3, -0.25) is 0 Å². The van der Waals surface area contributed by atoms with E-state index in [2.05, 4.69) is 20.6 Å². The Morgan fingerprint density at radius 3 is 2.12 bits per heavy atom.